The summed E-state index contributed by atoms with van der Waals surface area (Å²) in [5, 5.41) is 18.1. The monoisotopic (exact) mass is 386 g/mol. The number of nitrogens with one attached hydrogen (secondary N) is 1. The number of aliphatic hydroxyl groups is 1. The molecule has 0 aliphatic carbocycles. The van der Waals surface area contributed by atoms with Crippen molar-refractivity contribution in [2.45, 2.75) is 6.10 Å². The molecule has 2 N–H and O–H groups in total. The summed E-state index contributed by atoms with van der Waals surface area (Å²) in [7, 11) is 0. The van der Waals surface area contributed by atoms with Gasteiger partial charge in [-0.2, -0.15) is 5.10 Å². The third-order valence-corrected chi connectivity index (χ3v) is 5.35. The Labute approximate surface area is 157 Å². The summed E-state index contributed by atoms with van der Waals surface area (Å²) in [6, 6.07) is 10.3. The van der Waals surface area contributed by atoms with E-state index in [2.05, 4.69) is 20.2 Å². The number of nitrogens with zero attached hydrogens (tertiary/aromatic N) is 3. The molecule has 1 unspecified atom stereocenters. The normalized spacial score (nSPS) is 12.3. The Bertz CT molecular complexity index is 1030. The molecule has 0 amide bonds. The van der Waals surface area contributed by atoms with Crippen LogP contribution in [0.5, 0.6) is 0 Å². The van der Waals surface area contributed by atoms with Crippen molar-refractivity contribution in [3.63, 3.8) is 0 Å². The van der Waals surface area contributed by atoms with Crippen LogP contribution in [-0.4, -0.2) is 25.3 Å². The van der Waals surface area contributed by atoms with Gasteiger partial charge in [0.1, 0.15) is 18.2 Å². The number of benzene rings is 1. The summed E-state index contributed by atoms with van der Waals surface area (Å²) in [6.07, 6.45) is 3.17. The molecule has 0 aliphatic heterocycles. The Balaban J connectivity index is 1.85. The van der Waals surface area contributed by atoms with Crippen LogP contribution in [0.2, 0.25) is 5.02 Å². The topological polar surface area (TPSA) is 74.7 Å². The number of halogens is 2. The Hall–Kier alpha value is -2.61. The molecular formula is C18H12ClFN4OS. The molecule has 3 aromatic heterocycles. The lowest BCUT2D eigenvalue weighted by molar-refractivity contribution is 0.221. The van der Waals surface area contributed by atoms with Crippen LogP contribution in [0.3, 0.4) is 0 Å². The number of thiophene rings is 1. The van der Waals surface area contributed by atoms with Crippen LogP contribution >= 0.6 is 22.9 Å². The maximum Gasteiger partial charge on any atom is 0.165 e. The molecule has 3 heterocycles. The number of aromatic nitrogens is 4. The van der Waals surface area contributed by atoms with E-state index in [4.69, 9.17) is 11.6 Å². The van der Waals surface area contributed by atoms with E-state index in [-0.39, 0.29) is 0 Å². The first-order valence-electron chi connectivity index (χ1n) is 7.66. The summed E-state index contributed by atoms with van der Waals surface area (Å²) in [5.74, 6) is 0.0872. The maximum absolute atomic E-state index is 14.2. The average Bonchev–Trinajstić information content (AvgIpc) is 3.32. The maximum atomic E-state index is 14.2. The van der Waals surface area contributed by atoms with Crippen LogP contribution in [0.25, 0.3) is 21.1 Å². The molecule has 0 aliphatic rings. The van der Waals surface area contributed by atoms with Gasteiger partial charge in [-0.05, 0) is 29.8 Å². The molecule has 8 heteroatoms. The standard InChI is InChI=1S/C18H12ClFN4OS/c19-11-3-1-10(2-4-11)16(25)13-7-15(12-5-6-21-8-14(12)20)26-17(13)18-22-9-23-24-18/h1-9,16,25H,(H,22,23,24). The first-order valence-corrected chi connectivity index (χ1v) is 8.86. The zero-order valence-corrected chi connectivity index (χ0v) is 14.8. The molecular weight excluding hydrogens is 375 g/mol. The molecule has 5 nitrogen and oxygen atoms in total. The van der Waals surface area contributed by atoms with Gasteiger partial charge in [-0.25, -0.2) is 9.37 Å². The first-order chi connectivity index (χ1) is 12.6. The molecule has 0 radical (unpaired) electrons. The molecule has 0 spiro atoms. The highest BCUT2D eigenvalue weighted by atomic mass is 35.5. The Morgan fingerprint density at radius 2 is 2.00 bits per heavy atom. The van der Waals surface area contributed by atoms with Gasteiger partial charge in [0, 0.05) is 27.2 Å². The van der Waals surface area contributed by atoms with Gasteiger partial charge in [-0.3, -0.25) is 10.1 Å². The van der Waals surface area contributed by atoms with Gasteiger partial charge >= 0.3 is 0 Å². The summed E-state index contributed by atoms with van der Waals surface area (Å²) < 4.78 is 14.2. The number of H-pyrrole nitrogens is 1. The lowest BCUT2D eigenvalue weighted by Crippen LogP contribution is -2.00. The first kappa shape index (κ1) is 16.8. The van der Waals surface area contributed by atoms with E-state index in [0.717, 1.165) is 0 Å². The average molecular weight is 387 g/mol. The summed E-state index contributed by atoms with van der Waals surface area (Å²) in [5.41, 5.74) is 1.70. The minimum Gasteiger partial charge on any atom is -0.384 e. The molecule has 0 saturated heterocycles. The molecule has 130 valence electrons. The summed E-state index contributed by atoms with van der Waals surface area (Å²) in [4.78, 5) is 9.31. The second-order valence-electron chi connectivity index (χ2n) is 5.54. The Morgan fingerprint density at radius 3 is 2.69 bits per heavy atom. The molecule has 4 aromatic rings. The van der Waals surface area contributed by atoms with Crippen LogP contribution in [0.1, 0.15) is 17.2 Å². The zero-order chi connectivity index (χ0) is 18.1. The van der Waals surface area contributed by atoms with Crippen molar-refractivity contribution >= 4 is 22.9 Å². The molecule has 0 saturated carbocycles. The van der Waals surface area contributed by atoms with Crippen molar-refractivity contribution in [3.8, 4) is 21.1 Å². The van der Waals surface area contributed by atoms with Crippen molar-refractivity contribution in [1.82, 2.24) is 20.2 Å². The third-order valence-electron chi connectivity index (χ3n) is 3.91. The highest BCUT2D eigenvalue weighted by molar-refractivity contribution is 7.19. The molecule has 0 bridgehead atoms. The largest absolute Gasteiger partial charge is 0.384 e. The fraction of sp³-hybridized carbons (Fsp3) is 0.0556. The van der Waals surface area contributed by atoms with Crippen molar-refractivity contribution in [2.24, 2.45) is 0 Å². The molecule has 1 aromatic carbocycles. The second-order valence-corrected chi connectivity index (χ2v) is 7.03. The van der Waals surface area contributed by atoms with E-state index >= 15 is 0 Å². The Morgan fingerprint density at radius 1 is 1.19 bits per heavy atom. The predicted octanol–water partition coefficient (Wildman–Crippen LogP) is 4.47. The third kappa shape index (κ3) is 3.12. The number of aliphatic hydroxyl groups excluding tert-OH is 1. The second kappa shape index (κ2) is 6.95. The summed E-state index contributed by atoms with van der Waals surface area (Å²) >= 11 is 7.25. The quantitative estimate of drug-likeness (QED) is 0.542. The van der Waals surface area contributed by atoms with E-state index in [9.17, 15) is 9.50 Å². The van der Waals surface area contributed by atoms with Gasteiger partial charge < -0.3 is 5.11 Å². The highest BCUT2D eigenvalue weighted by Gasteiger charge is 2.22. The smallest absolute Gasteiger partial charge is 0.165 e. The van der Waals surface area contributed by atoms with Gasteiger partial charge in [0.2, 0.25) is 0 Å². The van der Waals surface area contributed by atoms with Crippen LogP contribution < -0.4 is 0 Å². The lowest BCUT2D eigenvalue weighted by Gasteiger charge is -2.11. The SMILES string of the molecule is OC(c1ccc(Cl)cc1)c1cc(-c2ccncc2F)sc1-c1ncn[nH]1. The van der Waals surface area contributed by atoms with E-state index in [1.807, 2.05) is 0 Å². The predicted molar refractivity (Wildman–Crippen MR) is 98.4 cm³/mol. The van der Waals surface area contributed by atoms with Crippen molar-refractivity contribution in [3.05, 3.63) is 77.1 Å². The van der Waals surface area contributed by atoms with Gasteiger partial charge in [0.15, 0.2) is 5.82 Å². The zero-order valence-electron chi connectivity index (χ0n) is 13.2. The van der Waals surface area contributed by atoms with Crippen molar-refractivity contribution < 1.29 is 9.50 Å². The Kier molecular flexibility index (Phi) is 4.50. The van der Waals surface area contributed by atoms with E-state index < -0.39 is 11.9 Å². The number of hydrogen-bond donors (Lipinski definition) is 2. The van der Waals surface area contributed by atoms with Crippen molar-refractivity contribution in [1.29, 1.82) is 0 Å². The lowest BCUT2D eigenvalue weighted by atomic mass is 10.0. The van der Waals surface area contributed by atoms with Crippen molar-refractivity contribution in [2.75, 3.05) is 0 Å². The minimum absolute atomic E-state index is 0.417. The number of aromatic amines is 1. The van der Waals surface area contributed by atoms with E-state index in [0.29, 0.717) is 37.3 Å². The number of hydrogen-bond acceptors (Lipinski definition) is 5. The molecule has 4 rings (SSSR count). The van der Waals surface area contributed by atoms with Crippen LogP contribution in [-0.2, 0) is 0 Å². The van der Waals surface area contributed by atoms with E-state index in [1.54, 1.807) is 36.4 Å². The number of rotatable bonds is 4. The number of pyridine rings is 1. The van der Waals surface area contributed by atoms with Gasteiger partial charge in [0.25, 0.3) is 0 Å². The fourth-order valence-corrected chi connectivity index (χ4v) is 3.93. The van der Waals surface area contributed by atoms with Gasteiger partial charge in [-0.1, -0.05) is 23.7 Å². The van der Waals surface area contributed by atoms with E-state index in [1.165, 1.54) is 30.1 Å². The van der Waals surface area contributed by atoms with Crippen LogP contribution in [0.15, 0.2) is 55.1 Å². The molecule has 1 atom stereocenters. The van der Waals surface area contributed by atoms with Crippen LogP contribution in [0.4, 0.5) is 4.39 Å². The summed E-state index contributed by atoms with van der Waals surface area (Å²) in [6.45, 7) is 0. The highest BCUT2D eigenvalue weighted by Crippen LogP contribution is 2.41. The molecule has 0 fully saturated rings. The minimum atomic E-state index is -0.915. The van der Waals surface area contributed by atoms with Gasteiger partial charge in [0.05, 0.1) is 11.1 Å². The van der Waals surface area contributed by atoms with Gasteiger partial charge in [-0.15, -0.1) is 11.3 Å². The molecule has 26 heavy (non-hydrogen) atoms. The van der Waals surface area contributed by atoms with Crippen LogP contribution in [0, 0.1) is 5.82 Å². The fourth-order valence-electron chi connectivity index (χ4n) is 2.64.